The van der Waals surface area contributed by atoms with E-state index in [-0.39, 0.29) is 5.60 Å². The Morgan fingerprint density at radius 2 is 1.65 bits per heavy atom. The summed E-state index contributed by atoms with van der Waals surface area (Å²) in [5, 5.41) is 0. The van der Waals surface area contributed by atoms with Gasteiger partial charge in [-0.1, -0.05) is 0 Å². The van der Waals surface area contributed by atoms with Gasteiger partial charge in [0.1, 0.15) is 6.29 Å². The van der Waals surface area contributed by atoms with Gasteiger partial charge in [0, 0.05) is 19.1 Å². The Bertz CT molecular complexity index is 429. The van der Waals surface area contributed by atoms with Crippen molar-refractivity contribution in [2.45, 2.75) is 25.9 Å². The fourth-order valence-electron chi connectivity index (χ4n) is 1.61. The van der Waals surface area contributed by atoms with Crippen molar-refractivity contribution in [2.24, 2.45) is 0 Å². The fourth-order valence-corrected chi connectivity index (χ4v) is 1.61. The first kappa shape index (κ1) is 16.3. The predicted molar refractivity (Wildman–Crippen MR) is 76.1 cm³/mol. The average molecular weight is 282 g/mol. The Morgan fingerprint density at radius 3 is 2.05 bits per heavy atom. The Balaban J connectivity index is 2.90. The molecule has 0 aliphatic rings. The lowest BCUT2D eigenvalue weighted by Crippen LogP contribution is -2.25. The molecule has 0 radical (unpaired) electrons. The van der Waals surface area contributed by atoms with Crippen LogP contribution in [0.1, 0.15) is 30.6 Å². The van der Waals surface area contributed by atoms with Gasteiger partial charge in [0.05, 0.1) is 26.4 Å². The number of carbonyl (C=O) groups excluding carboxylic acids is 1. The van der Waals surface area contributed by atoms with Crippen LogP contribution in [0.5, 0.6) is 17.2 Å². The molecule has 0 aliphatic heterocycles. The largest absolute Gasteiger partial charge is 0.493 e. The van der Waals surface area contributed by atoms with Crippen LogP contribution in [-0.2, 0) is 4.74 Å². The summed E-state index contributed by atoms with van der Waals surface area (Å²) >= 11 is 0. The van der Waals surface area contributed by atoms with E-state index in [0.717, 1.165) is 6.29 Å². The molecular formula is C15H22O5. The molecule has 0 spiro atoms. The Kier molecular flexibility index (Phi) is 5.82. The number of ether oxygens (including phenoxy) is 4. The van der Waals surface area contributed by atoms with Crippen LogP contribution in [0.3, 0.4) is 0 Å². The molecule has 1 aromatic rings. The second-order valence-corrected chi connectivity index (χ2v) is 4.93. The van der Waals surface area contributed by atoms with Gasteiger partial charge in [-0.05, 0) is 26.0 Å². The highest BCUT2D eigenvalue weighted by atomic mass is 16.5. The number of benzene rings is 1. The summed E-state index contributed by atoms with van der Waals surface area (Å²) in [5.74, 6) is 1.44. The van der Waals surface area contributed by atoms with Crippen molar-refractivity contribution in [1.29, 1.82) is 0 Å². The van der Waals surface area contributed by atoms with E-state index >= 15 is 0 Å². The van der Waals surface area contributed by atoms with E-state index < -0.39 is 0 Å². The molecule has 0 unspecified atom stereocenters. The van der Waals surface area contributed by atoms with Gasteiger partial charge in [0.25, 0.3) is 0 Å². The van der Waals surface area contributed by atoms with Crippen molar-refractivity contribution in [3.63, 3.8) is 0 Å². The lowest BCUT2D eigenvalue weighted by Gasteiger charge is -2.23. The molecule has 0 fully saturated rings. The summed E-state index contributed by atoms with van der Waals surface area (Å²) < 4.78 is 21.6. The molecule has 0 aliphatic carbocycles. The van der Waals surface area contributed by atoms with Crippen molar-refractivity contribution in [1.82, 2.24) is 0 Å². The van der Waals surface area contributed by atoms with E-state index in [2.05, 4.69) is 0 Å². The number of carbonyl (C=O) groups is 1. The maximum atomic E-state index is 10.9. The molecule has 0 atom stereocenters. The number of aldehydes is 1. The van der Waals surface area contributed by atoms with Crippen molar-refractivity contribution in [3.05, 3.63) is 17.7 Å². The van der Waals surface area contributed by atoms with Crippen LogP contribution in [0.2, 0.25) is 0 Å². The first-order valence-electron chi connectivity index (χ1n) is 6.36. The lowest BCUT2D eigenvalue weighted by atomic mass is 10.1. The Hall–Kier alpha value is -1.75. The van der Waals surface area contributed by atoms with Gasteiger partial charge in [-0.3, -0.25) is 4.79 Å². The van der Waals surface area contributed by atoms with Crippen molar-refractivity contribution >= 4 is 6.29 Å². The molecule has 5 nitrogen and oxygen atoms in total. The minimum Gasteiger partial charge on any atom is -0.493 e. The van der Waals surface area contributed by atoms with Gasteiger partial charge in [0.2, 0.25) is 5.75 Å². The first-order chi connectivity index (χ1) is 9.47. The van der Waals surface area contributed by atoms with E-state index in [0.29, 0.717) is 35.8 Å². The van der Waals surface area contributed by atoms with Crippen LogP contribution >= 0.6 is 0 Å². The molecule has 1 rings (SSSR count). The minimum absolute atomic E-state index is 0.261. The monoisotopic (exact) mass is 282 g/mol. The van der Waals surface area contributed by atoms with E-state index in [1.165, 1.54) is 14.2 Å². The van der Waals surface area contributed by atoms with Gasteiger partial charge >= 0.3 is 0 Å². The standard InChI is InChI=1S/C15H22O5/c1-15(2,19-5)6-7-20-14-12(17-3)8-11(10-16)9-13(14)18-4/h8-10H,6-7H2,1-5H3. The van der Waals surface area contributed by atoms with Crippen LogP contribution in [0.15, 0.2) is 12.1 Å². The summed E-state index contributed by atoms with van der Waals surface area (Å²) in [4.78, 5) is 10.9. The summed E-state index contributed by atoms with van der Waals surface area (Å²) in [6.07, 6.45) is 1.45. The van der Waals surface area contributed by atoms with Crippen molar-refractivity contribution < 1.29 is 23.7 Å². The lowest BCUT2D eigenvalue weighted by molar-refractivity contribution is 0.00503. The predicted octanol–water partition coefficient (Wildman–Crippen LogP) is 2.71. The van der Waals surface area contributed by atoms with Gasteiger partial charge in [-0.2, -0.15) is 0 Å². The third-order valence-corrected chi connectivity index (χ3v) is 3.12. The second kappa shape index (κ2) is 7.14. The number of hydrogen-bond donors (Lipinski definition) is 0. The molecule has 0 amide bonds. The van der Waals surface area contributed by atoms with E-state index in [4.69, 9.17) is 18.9 Å². The zero-order valence-corrected chi connectivity index (χ0v) is 12.7. The maximum Gasteiger partial charge on any atom is 0.203 e. The number of hydrogen-bond acceptors (Lipinski definition) is 5. The minimum atomic E-state index is -0.261. The van der Waals surface area contributed by atoms with Crippen LogP contribution in [0.4, 0.5) is 0 Å². The smallest absolute Gasteiger partial charge is 0.203 e. The fraction of sp³-hybridized carbons (Fsp3) is 0.533. The molecule has 0 heterocycles. The molecule has 0 N–H and O–H groups in total. The van der Waals surface area contributed by atoms with E-state index in [9.17, 15) is 4.79 Å². The average Bonchev–Trinajstić information content (AvgIpc) is 2.46. The van der Waals surface area contributed by atoms with Crippen LogP contribution in [0, 0.1) is 0 Å². The summed E-state index contributed by atoms with van der Waals surface area (Å²) in [6, 6.07) is 3.23. The number of methoxy groups -OCH3 is 3. The topological polar surface area (TPSA) is 54.0 Å². The Morgan fingerprint density at radius 1 is 1.10 bits per heavy atom. The highest BCUT2D eigenvalue weighted by molar-refractivity contribution is 5.78. The van der Waals surface area contributed by atoms with E-state index in [1.807, 2.05) is 13.8 Å². The zero-order chi connectivity index (χ0) is 15.2. The third-order valence-electron chi connectivity index (χ3n) is 3.12. The van der Waals surface area contributed by atoms with Crippen molar-refractivity contribution in [3.8, 4) is 17.2 Å². The molecular weight excluding hydrogens is 260 g/mol. The summed E-state index contributed by atoms with van der Waals surface area (Å²) in [6.45, 7) is 4.43. The molecule has 112 valence electrons. The third kappa shape index (κ3) is 4.13. The maximum absolute atomic E-state index is 10.9. The quantitative estimate of drug-likeness (QED) is 0.686. The summed E-state index contributed by atoms with van der Waals surface area (Å²) in [5.41, 5.74) is 0.215. The SMILES string of the molecule is COc1cc(C=O)cc(OC)c1OCCC(C)(C)OC. The highest BCUT2D eigenvalue weighted by Crippen LogP contribution is 2.38. The molecule has 0 saturated heterocycles. The van der Waals surface area contributed by atoms with E-state index in [1.54, 1.807) is 19.2 Å². The van der Waals surface area contributed by atoms with Crippen LogP contribution < -0.4 is 14.2 Å². The zero-order valence-electron chi connectivity index (χ0n) is 12.7. The Labute approximate surface area is 119 Å². The molecule has 0 saturated carbocycles. The van der Waals surface area contributed by atoms with Gasteiger partial charge in [-0.15, -0.1) is 0 Å². The van der Waals surface area contributed by atoms with Crippen LogP contribution in [0.25, 0.3) is 0 Å². The molecule has 0 bridgehead atoms. The van der Waals surface area contributed by atoms with Crippen molar-refractivity contribution in [2.75, 3.05) is 27.9 Å². The summed E-state index contributed by atoms with van der Waals surface area (Å²) in [7, 11) is 4.71. The van der Waals surface area contributed by atoms with Gasteiger partial charge in [-0.25, -0.2) is 0 Å². The van der Waals surface area contributed by atoms with Gasteiger partial charge in [0.15, 0.2) is 11.5 Å². The molecule has 5 heteroatoms. The second-order valence-electron chi connectivity index (χ2n) is 4.93. The first-order valence-corrected chi connectivity index (χ1v) is 6.36. The molecule has 20 heavy (non-hydrogen) atoms. The highest BCUT2D eigenvalue weighted by Gasteiger charge is 2.19. The normalized spacial score (nSPS) is 11.1. The van der Waals surface area contributed by atoms with Gasteiger partial charge < -0.3 is 18.9 Å². The molecule has 1 aromatic carbocycles. The number of rotatable bonds is 8. The van der Waals surface area contributed by atoms with Crippen LogP contribution in [-0.4, -0.2) is 39.8 Å². The molecule has 0 aromatic heterocycles.